The molecule has 1 N–H and O–H groups in total. The predicted octanol–water partition coefficient (Wildman–Crippen LogP) is 3.56. The number of methoxy groups -OCH3 is 1. The summed E-state index contributed by atoms with van der Waals surface area (Å²) in [6.45, 7) is 0.711. The number of aromatic nitrogens is 1. The first-order valence-corrected chi connectivity index (χ1v) is 7.90. The highest BCUT2D eigenvalue weighted by molar-refractivity contribution is 7.99. The second kappa shape index (κ2) is 6.45. The van der Waals surface area contributed by atoms with Gasteiger partial charge in [-0.25, -0.2) is 9.37 Å². The lowest BCUT2D eigenvalue weighted by Gasteiger charge is -2.26. The summed E-state index contributed by atoms with van der Waals surface area (Å²) in [5.74, 6) is 1.43. The Hall–Kier alpha value is -1.59. The van der Waals surface area contributed by atoms with E-state index in [2.05, 4.69) is 10.3 Å². The third-order valence-electron chi connectivity index (χ3n) is 3.59. The molecule has 1 aliphatic rings. The Balaban J connectivity index is 1.70. The van der Waals surface area contributed by atoms with E-state index in [4.69, 9.17) is 4.74 Å². The Morgan fingerprint density at radius 2 is 2.29 bits per heavy atom. The largest absolute Gasteiger partial charge is 0.481 e. The van der Waals surface area contributed by atoms with Crippen molar-refractivity contribution in [3.8, 4) is 5.88 Å². The highest BCUT2D eigenvalue weighted by Gasteiger charge is 2.22. The summed E-state index contributed by atoms with van der Waals surface area (Å²) in [7, 11) is 1.60. The van der Waals surface area contributed by atoms with Gasteiger partial charge in [-0.2, -0.15) is 0 Å². The second-order valence-corrected chi connectivity index (χ2v) is 6.04. The number of hydrogen-bond donors (Lipinski definition) is 1. The van der Waals surface area contributed by atoms with Crippen LogP contribution in [0, 0.1) is 5.82 Å². The third-order valence-corrected chi connectivity index (χ3v) is 4.74. The lowest BCUT2D eigenvalue weighted by atomic mass is 10.0. The van der Waals surface area contributed by atoms with E-state index in [1.54, 1.807) is 31.1 Å². The molecule has 0 aliphatic carbocycles. The minimum atomic E-state index is -0.116. The molecule has 1 aromatic heterocycles. The number of nitrogens with one attached hydrogen (secondary N) is 1. The van der Waals surface area contributed by atoms with E-state index in [1.807, 2.05) is 18.2 Å². The molecular formula is C16H17FN2OS. The molecule has 0 fully saturated rings. The highest BCUT2D eigenvalue weighted by Crippen LogP contribution is 2.37. The number of ether oxygens (including phenoxy) is 1. The van der Waals surface area contributed by atoms with Gasteiger partial charge in [0, 0.05) is 29.7 Å². The molecule has 21 heavy (non-hydrogen) atoms. The molecule has 0 spiro atoms. The summed E-state index contributed by atoms with van der Waals surface area (Å²) >= 11 is 1.60. The van der Waals surface area contributed by atoms with Gasteiger partial charge in [0.05, 0.1) is 7.11 Å². The summed E-state index contributed by atoms with van der Waals surface area (Å²) in [5, 5.41) is 3.50. The Morgan fingerprint density at radius 1 is 1.38 bits per heavy atom. The molecule has 110 valence electrons. The van der Waals surface area contributed by atoms with Crippen molar-refractivity contribution < 1.29 is 9.13 Å². The first kappa shape index (κ1) is 14.4. The molecule has 1 aromatic carbocycles. The van der Waals surface area contributed by atoms with E-state index in [9.17, 15) is 4.39 Å². The van der Waals surface area contributed by atoms with Crippen molar-refractivity contribution >= 4 is 11.8 Å². The zero-order chi connectivity index (χ0) is 14.7. The first-order valence-electron chi connectivity index (χ1n) is 6.91. The van der Waals surface area contributed by atoms with E-state index in [0.717, 1.165) is 28.2 Å². The van der Waals surface area contributed by atoms with Crippen LogP contribution in [0.1, 0.15) is 23.6 Å². The number of thioether (sulfide) groups is 1. The van der Waals surface area contributed by atoms with Gasteiger partial charge >= 0.3 is 0 Å². The number of rotatable bonds is 4. The summed E-state index contributed by atoms with van der Waals surface area (Å²) in [4.78, 5) is 4.98. The van der Waals surface area contributed by atoms with Crippen molar-refractivity contribution in [2.24, 2.45) is 0 Å². The molecule has 0 radical (unpaired) electrons. The van der Waals surface area contributed by atoms with Gasteiger partial charge in [0.15, 0.2) is 0 Å². The zero-order valence-corrected chi connectivity index (χ0v) is 12.6. The number of pyridine rings is 1. The molecule has 2 aromatic rings. The number of fused-ring (bicyclic) bond motifs is 1. The van der Waals surface area contributed by atoms with Crippen LogP contribution in [0.3, 0.4) is 0 Å². The van der Waals surface area contributed by atoms with Gasteiger partial charge in [-0.15, -0.1) is 11.8 Å². The van der Waals surface area contributed by atoms with Crippen LogP contribution in [0.4, 0.5) is 4.39 Å². The fourth-order valence-electron chi connectivity index (χ4n) is 2.48. The van der Waals surface area contributed by atoms with Crippen LogP contribution in [0.2, 0.25) is 0 Å². The van der Waals surface area contributed by atoms with Gasteiger partial charge < -0.3 is 10.1 Å². The molecular weight excluding hydrogens is 287 g/mol. The topological polar surface area (TPSA) is 34.1 Å². The Kier molecular flexibility index (Phi) is 4.41. The Labute approximate surface area is 127 Å². The smallest absolute Gasteiger partial charge is 0.212 e. The number of hydrogen-bond acceptors (Lipinski definition) is 4. The van der Waals surface area contributed by atoms with Gasteiger partial charge in [0.25, 0.3) is 0 Å². The SMILES string of the molecule is COc1ccc(CNC2CCSc3c(F)cccc32)cn1. The van der Waals surface area contributed by atoms with Crippen LogP contribution in [0.15, 0.2) is 41.4 Å². The minimum absolute atomic E-state index is 0.116. The molecule has 5 heteroatoms. The van der Waals surface area contributed by atoms with Crippen LogP contribution in [-0.4, -0.2) is 17.8 Å². The lowest BCUT2D eigenvalue weighted by Crippen LogP contribution is -2.24. The molecule has 3 nitrogen and oxygen atoms in total. The Bertz CT molecular complexity index is 618. The number of halogens is 1. The van der Waals surface area contributed by atoms with Gasteiger partial charge in [-0.3, -0.25) is 0 Å². The molecule has 1 aliphatic heterocycles. The van der Waals surface area contributed by atoms with Crippen molar-refractivity contribution in [1.29, 1.82) is 0 Å². The monoisotopic (exact) mass is 304 g/mol. The fraction of sp³-hybridized carbons (Fsp3) is 0.312. The van der Waals surface area contributed by atoms with Crippen molar-refractivity contribution in [2.75, 3.05) is 12.9 Å². The standard InChI is InChI=1S/C16H17FN2OS/c1-20-15-6-5-11(10-19-15)9-18-14-7-8-21-16-12(14)3-2-4-13(16)17/h2-6,10,14,18H,7-9H2,1H3. The normalized spacial score (nSPS) is 17.3. The average Bonchev–Trinajstić information content (AvgIpc) is 2.54. The second-order valence-electron chi connectivity index (χ2n) is 4.94. The van der Waals surface area contributed by atoms with Crippen LogP contribution in [-0.2, 0) is 6.54 Å². The van der Waals surface area contributed by atoms with Crippen molar-refractivity contribution in [3.05, 3.63) is 53.5 Å². The van der Waals surface area contributed by atoms with E-state index in [-0.39, 0.29) is 11.9 Å². The molecule has 3 rings (SSSR count). The highest BCUT2D eigenvalue weighted by atomic mass is 32.2. The summed E-state index contributed by atoms with van der Waals surface area (Å²) in [6.07, 6.45) is 2.81. The van der Waals surface area contributed by atoms with Crippen LogP contribution in [0.25, 0.3) is 0 Å². The van der Waals surface area contributed by atoms with Crippen LogP contribution < -0.4 is 10.1 Å². The predicted molar refractivity (Wildman–Crippen MR) is 82.1 cm³/mol. The summed E-state index contributed by atoms with van der Waals surface area (Å²) < 4.78 is 18.9. The van der Waals surface area contributed by atoms with Gasteiger partial charge in [-0.05, 0) is 29.4 Å². The van der Waals surface area contributed by atoms with E-state index >= 15 is 0 Å². The average molecular weight is 304 g/mol. The molecule has 1 unspecified atom stereocenters. The van der Waals surface area contributed by atoms with Crippen molar-refractivity contribution in [3.63, 3.8) is 0 Å². The van der Waals surface area contributed by atoms with Crippen molar-refractivity contribution in [2.45, 2.75) is 23.9 Å². The maximum atomic E-state index is 13.8. The lowest BCUT2D eigenvalue weighted by molar-refractivity contribution is 0.397. The maximum Gasteiger partial charge on any atom is 0.212 e. The molecule has 2 heterocycles. The van der Waals surface area contributed by atoms with E-state index < -0.39 is 0 Å². The number of benzene rings is 1. The van der Waals surface area contributed by atoms with Gasteiger partial charge in [0.2, 0.25) is 5.88 Å². The first-order chi connectivity index (χ1) is 10.3. The van der Waals surface area contributed by atoms with Crippen LogP contribution >= 0.6 is 11.8 Å². The molecule has 0 amide bonds. The number of nitrogens with zero attached hydrogens (tertiary/aromatic N) is 1. The third kappa shape index (κ3) is 3.19. The van der Waals surface area contributed by atoms with E-state index in [1.165, 1.54) is 6.07 Å². The fourth-order valence-corrected chi connectivity index (χ4v) is 3.62. The molecule has 0 bridgehead atoms. The van der Waals surface area contributed by atoms with E-state index in [0.29, 0.717) is 12.4 Å². The zero-order valence-electron chi connectivity index (χ0n) is 11.8. The summed E-state index contributed by atoms with van der Waals surface area (Å²) in [5.41, 5.74) is 2.15. The molecule has 0 saturated carbocycles. The summed E-state index contributed by atoms with van der Waals surface area (Å²) in [6, 6.07) is 9.35. The Morgan fingerprint density at radius 3 is 3.05 bits per heavy atom. The van der Waals surface area contributed by atoms with Gasteiger partial charge in [0.1, 0.15) is 5.82 Å². The molecule has 0 saturated heterocycles. The quantitative estimate of drug-likeness (QED) is 0.936. The minimum Gasteiger partial charge on any atom is -0.481 e. The van der Waals surface area contributed by atoms with Gasteiger partial charge in [-0.1, -0.05) is 18.2 Å². The maximum absolute atomic E-state index is 13.8. The van der Waals surface area contributed by atoms with Crippen molar-refractivity contribution in [1.82, 2.24) is 10.3 Å². The molecule has 1 atom stereocenters. The van der Waals surface area contributed by atoms with Crippen LogP contribution in [0.5, 0.6) is 5.88 Å².